The number of nitrogens with one attached hydrogen (secondary N) is 1. The van der Waals surface area contributed by atoms with Gasteiger partial charge in [0.15, 0.2) is 0 Å². The average molecular weight is 487 g/mol. The maximum absolute atomic E-state index is 11.8. The lowest BCUT2D eigenvalue weighted by molar-refractivity contribution is 0.0959. The summed E-state index contributed by atoms with van der Waals surface area (Å²) in [5.74, 6) is 0.496. The molecule has 0 radical (unpaired) electrons. The third-order valence-corrected chi connectivity index (χ3v) is 5.31. The number of hydrogen-bond acceptors (Lipinski definition) is 5. The second-order valence-corrected chi connectivity index (χ2v) is 7.53. The number of nitriles is 1. The number of nitrogens with zero attached hydrogens (tertiary/aromatic N) is 2. The molecule has 7 heteroatoms. The van der Waals surface area contributed by atoms with Gasteiger partial charge in [-0.25, -0.2) is 5.43 Å². The van der Waals surface area contributed by atoms with Crippen LogP contribution in [0.25, 0.3) is 0 Å². The van der Waals surface area contributed by atoms with Crippen molar-refractivity contribution in [1.82, 2.24) is 5.43 Å². The van der Waals surface area contributed by atoms with Gasteiger partial charge >= 0.3 is 0 Å². The standard InChI is InChI=1S/C20H14IN3O2S/c21-17-10-14(12-23-24-20(25)19-6-3-9-27-19)7-8-18(17)26-13-16-5-2-1-4-15(16)11-22/h1-10,12H,13H2,(H,24,25)/b23-12+. The summed E-state index contributed by atoms with van der Waals surface area (Å²) in [5, 5.41) is 15.0. The molecular formula is C20H14IN3O2S. The lowest BCUT2D eigenvalue weighted by Crippen LogP contribution is -2.16. The van der Waals surface area contributed by atoms with E-state index in [2.05, 4.69) is 39.2 Å². The van der Waals surface area contributed by atoms with Crippen molar-refractivity contribution >= 4 is 46.0 Å². The molecule has 1 amide bonds. The van der Waals surface area contributed by atoms with Crippen molar-refractivity contribution in [3.05, 3.63) is 85.1 Å². The normalized spacial score (nSPS) is 10.5. The van der Waals surface area contributed by atoms with Crippen LogP contribution in [0.1, 0.15) is 26.4 Å². The van der Waals surface area contributed by atoms with Crippen molar-refractivity contribution in [3.63, 3.8) is 0 Å². The number of carbonyl (C=O) groups is 1. The quantitative estimate of drug-likeness (QED) is 0.315. The zero-order valence-electron chi connectivity index (χ0n) is 14.1. The Hall–Kier alpha value is -2.70. The summed E-state index contributed by atoms with van der Waals surface area (Å²) in [5.41, 5.74) is 4.80. The Morgan fingerprint density at radius 3 is 2.85 bits per heavy atom. The van der Waals surface area contributed by atoms with Crippen molar-refractivity contribution in [3.8, 4) is 11.8 Å². The SMILES string of the molecule is N#Cc1ccccc1COc1ccc(/C=N/NC(=O)c2cccs2)cc1I. The van der Waals surface area contributed by atoms with Crippen LogP contribution >= 0.6 is 33.9 Å². The van der Waals surface area contributed by atoms with Crippen LogP contribution in [0.4, 0.5) is 0 Å². The highest BCUT2D eigenvalue weighted by Crippen LogP contribution is 2.23. The molecule has 27 heavy (non-hydrogen) atoms. The summed E-state index contributed by atoms with van der Waals surface area (Å²) >= 11 is 3.55. The number of halogens is 1. The molecule has 1 aromatic heterocycles. The summed E-state index contributed by atoms with van der Waals surface area (Å²) < 4.78 is 6.75. The van der Waals surface area contributed by atoms with Gasteiger partial charge in [0.1, 0.15) is 12.4 Å². The Labute approximate surface area is 174 Å². The smallest absolute Gasteiger partial charge is 0.281 e. The van der Waals surface area contributed by atoms with Crippen LogP contribution < -0.4 is 10.2 Å². The number of hydrazone groups is 1. The summed E-state index contributed by atoms with van der Waals surface area (Å²) in [6, 6.07) is 18.7. The Kier molecular flexibility index (Phi) is 6.57. The molecule has 0 unspecified atom stereocenters. The first-order chi connectivity index (χ1) is 13.2. The fourth-order valence-electron chi connectivity index (χ4n) is 2.25. The van der Waals surface area contributed by atoms with E-state index in [0.717, 1.165) is 20.4 Å². The zero-order valence-corrected chi connectivity index (χ0v) is 17.0. The van der Waals surface area contributed by atoms with Crippen LogP contribution in [0.2, 0.25) is 0 Å². The molecule has 0 saturated heterocycles. The first-order valence-corrected chi connectivity index (χ1v) is 9.90. The molecule has 5 nitrogen and oxygen atoms in total. The van der Waals surface area contributed by atoms with E-state index in [9.17, 15) is 4.79 Å². The van der Waals surface area contributed by atoms with Crippen molar-refractivity contribution < 1.29 is 9.53 Å². The van der Waals surface area contributed by atoms with Crippen LogP contribution in [0.15, 0.2) is 65.1 Å². The van der Waals surface area contributed by atoms with E-state index in [1.165, 1.54) is 11.3 Å². The molecule has 0 atom stereocenters. The minimum absolute atomic E-state index is 0.230. The predicted molar refractivity (Wildman–Crippen MR) is 114 cm³/mol. The molecule has 0 spiro atoms. The molecule has 0 fully saturated rings. The average Bonchev–Trinajstić information content (AvgIpc) is 3.22. The van der Waals surface area contributed by atoms with Crippen LogP contribution in [-0.2, 0) is 6.61 Å². The first-order valence-electron chi connectivity index (χ1n) is 7.94. The molecule has 0 aliphatic heterocycles. The molecule has 3 rings (SSSR count). The van der Waals surface area contributed by atoms with Gasteiger partial charge in [-0.15, -0.1) is 11.3 Å². The third-order valence-electron chi connectivity index (χ3n) is 3.60. The molecule has 1 heterocycles. The Morgan fingerprint density at radius 1 is 1.26 bits per heavy atom. The predicted octanol–water partition coefficient (Wildman–Crippen LogP) is 4.57. The van der Waals surface area contributed by atoms with E-state index in [4.69, 9.17) is 10.00 Å². The largest absolute Gasteiger partial charge is 0.488 e. The number of thiophene rings is 1. The van der Waals surface area contributed by atoms with Gasteiger partial charge in [0, 0.05) is 5.56 Å². The fraction of sp³-hybridized carbons (Fsp3) is 0.0500. The molecule has 2 aromatic carbocycles. The highest BCUT2D eigenvalue weighted by Gasteiger charge is 2.06. The Balaban J connectivity index is 1.61. The number of amides is 1. The molecule has 134 valence electrons. The van der Waals surface area contributed by atoms with E-state index in [0.29, 0.717) is 17.0 Å². The van der Waals surface area contributed by atoms with Gasteiger partial charge in [-0.05, 0) is 63.9 Å². The van der Waals surface area contributed by atoms with Gasteiger partial charge in [0.05, 0.1) is 26.3 Å². The lowest BCUT2D eigenvalue weighted by atomic mass is 10.1. The van der Waals surface area contributed by atoms with Crippen molar-refractivity contribution in [1.29, 1.82) is 5.26 Å². The molecule has 0 aliphatic carbocycles. The van der Waals surface area contributed by atoms with Crippen molar-refractivity contribution in [2.24, 2.45) is 5.10 Å². The van der Waals surface area contributed by atoms with E-state index >= 15 is 0 Å². The van der Waals surface area contributed by atoms with Gasteiger partial charge in [-0.1, -0.05) is 24.3 Å². The van der Waals surface area contributed by atoms with E-state index in [1.54, 1.807) is 18.3 Å². The van der Waals surface area contributed by atoms with Crippen LogP contribution in [0, 0.1) is 14.9 Å². The Bertz CT molecular complexity index is 1010. The van der Waals surface area contributed by atoms with E-state index in [-0.39, 0.29) is 5.91 Å². The fourth-order valence-corrected chi connectivity index (χ4v) is 3.56. The van der Waals surface area contributed by atoms with Crippen molar-refractivity contribution in [2.45, 2.75) is 6.61 Å². The summed E-state index contributed by atoms with van der Waals surface area (Å²) in [4.78, 5) is 12.4. The van der Waals surface area contributed by atoms with Gasteiger partial charge in [0.2, 0.25) is 0 Å². The highest BCUT2D eigenvalue weighted by atomic mass is 127. The van der Waals surface area contributed by atoms with Crippen molar-refractivity contribution in [2.75, 3.05) is 0 Å². The number of ether oxygens (including phenoxy) is 1. The monoisotopic (exact) mass is 487 g/mol. The highest BCUT2D eigenvalue weighted by molar-refractivity contribution is 14.1. The van der Waals surface area contributed by atoms with Crippen LogP contribution in [0.5, 0.6) is 5.75 Å². The van der Waals surface area contributed by atoms with Gasteiger partial charge in [-0.2, -0.15) is 10.4 Å². The van der Waals surface area contributed by atoms with Gasteiger partial charge < -0.3 is 4.74 Å². The Morgan fingerprint density at radius 2 is 2.11 bits per heavy atom. The maximum atomic E-state index is 11.8. The minimum Gasteiger partial charge on any atom is -0.488 e. The number of rotatable bonds is 6. The molecule has 0 bridgehead atoms. The molecule has 0 saturated carbocycles. The second-order valence-electron chi connectivity index (χ2n) is 5.42. The molecule has 3 aromatic rings. The lowest BCUT2D eigenvalue weighted by Gasteiger charge is -2.10. The van der Waals surface area contributed by atoms with Crippen LogP contribution in [-0.4, -0.2) is 12.1 Å². The molecule has 1 N–H and O–H groups in total. The maximum Gasteiger partial charge on any atom is 0.281 e. The zero-order chi connectivity index (χ0) is 19.1. The first kappa shape index (κ1) is 19.1. The molecule has 0 aliphatic rings. The van der Waals surface area contributed by atoms with E-state index in [1.807, 2.05) is 47.8 Å². The summed E-state index contributed by atoms with van der Waals surface area (Å²) in [7, 11) is 0. The van der Waals surface area contributed by atoms with Gasteiger partial charge in [-0.3, -0.25) is 4.79 Å². The topological polar surface area (TPSA) is 74.5 Å². The summed E-state index contributed by atoms with van der Waals surface area (Å²) in [6.07, 6.45) is 1.59. The minimum atomic E-state index is -0.230. The number of benzene rings is 2. The number of carbonyl (C=O) groups excluding carboxylic acids is 1. The number of hydrogen-bond donors (Lipinski definition) is 1. The second kappa shape index (κ2) is 9.30. The molecular weight excluding hydrogens is 473 g/mol. The van der Waals surface area contributed by atoms with Crippen LogP contribution in [0.3, 0.4) is 0 Å². The van der Waals surface area contributed by atoms with E-state index < -0.39 is 0 Å². The summed E-state index contributed by atoms with van der Waals surface area (Å²) in [6.45, 7) is 0.323. The third kappa shape index (κ3) is 5.15. The van der Waals surface area contributed by atoms with Gasteiger partial charge in [0.25, 0.3) is 5.91 Å².